The highest BCUT2D eigenvalue weighted by Gasteiger charge is 2.27. The first-order valence-corrected chi connectivity index (χ1v) is 10.6. The highest BCUT2D eigenvalue weighted by atomic mass is 35.5. The molecule has 0 spiro atoms. The van der Waals surface area contributed by atoms with E-state index in [2.05, 4.69) is 33.0 Å². The van der Waals surface area contributed by atoms with Gasteiger partial charge in [0, 0.05) is 24.2 Å². The lowest BCUT2D eigenvalue weighted by atomic mass is 9.87. The molecular weight excluding hydrogens is 402 g/mol. The maximum atomic E-state index is 12.8. The fourth-order valence-corrected chi connectivity index (χ4v) is 4.00. The number of nitro benzene ring substituents is 1. The number of carbonyl (C=O) groups excluding carboxylic acids is 1. The van der Waals surface area contributed by atoms with E-state index in [1.54, 1.807) is 18.2 Å². The van der Waals surface area contributed by atoms with Gasteiger partial charge >= 0.3 is 0 Å². The first kappa shape index (κ1) is 22.1. The van der Waals surface area contributed by atoms with Crippen molar-refractivity contribution in [3.05, 3.63) is 62.7 Å². The molecular formula is C23H28ClN3O3. The Balaban J connectivity index is 1.91. The quantitative estimate of drug-likeness (QED) is 0.465. The number of hydrogen-bond donors (Lipinski definition) is 1. The zero-order valence-electron chi connectivity index (χ0n) is 17.9. The third-order valence-corrected chi connectivity index (χ3v) is 5.95. The largest absolute Gasteiger partial charge is 0.363 e. The van der Waals surface area contributed by atoms with Crippen molar-refractivity contribution in [2.45, 2.75) is 58.4 Å². The van der Waals surface area contributed by atoms with Gasteiger partial charge in [-0.25, -0.2) is 0 Å². The van der Waals surface area contributed by atoms with Crippen LogP contribution in [0.1, 0.15) is 62.9 Å². The summed E-state index contributed by atoms with van der Waals surface area (Å²) in [5.74, 6) is -0.302. The van der Waals surface area contributed by atoms with Crippen LogP contribution in [0.3, 0.4) is 0 Å². The number of nitrogens with one attached hydrogen (secondary N) is 1. The number of rotatable bonds is 4. The van der Waals surface area contributed by atoms with Crippen LogP contribution < -0.4 is 10.2 Å². The van der Waals surface area contributed by atoms with E-state index in [1.165, 1.54) is 6.07 Å². The number of piperidine rings is 1. The van der Waals surface area contributed by atoms with Crippen molar-refractivity contribution < 1.29 is 9.72 Å². The molecule has 30 heavy (non-hydrogen) atoms. The van der Waals surface area contributed by atoms with Gasteiger partial charge in [0.15, 0.2) is 0 Å². The summed E-state index contributed by atoms with van der Waals surface area (Å²) in [6.45, 7) is 9.14. The minimum absolute atomic E-state index is 0.00326. The summed E-state index contributed by atoms with van der Waals surface area (Å²) < 4.78 is 0. The lowest BCUT2D eigenvalue weighted by Gasteiger charge is -2.35. The topological polar surface area (TPSA) is 75.5 Å². The first-order chi connectivity index (χ1) is 14.1. The summed E-state index contributed by atoms with van der Waals surface area (Å²) in [6.07, 6.45) is 3.06. The van der Waals surface area contributed by atoms with Gasteiger partial charge in [0.05, 0.1) is 15.6 Å². The Kier molecular flexibility index (Phi) is 6.36. The molecule has 2 aromatic rings. The van der Waals surface area contributed by atoms with Crippen molar-refractivity contribution in [3.63, 3.8) is 0 Å². The Bertz CT molecular complexity index is 951. The van der Waals surface area contributed by atoms with Gasteiger partial charge in [0.25, 0.3) is 11.6 Å². The minimum atomic E-state index is -0.417. The Hall–Kier alpha value is -2.60. The molecule has 1 amide bonds. The van der Waals surface area contributed by atoms with Gasteiger partial charge in [-0.1, -0.05) is 44.5 Å². The molecule has 0 saturated carbocycles. The molecule has 0 aliphatic carbocycles. The molecule has 1 atom stereocenters. The molecule has 1 unspecified atom stereocenters. The van der Waals surface area contributed by atoms with Gasteiger partial charge in [-0.05, 0) is 55.4 Å². The third kappa shape index (κ3) is 4.75. The Morgan fingerprint density at radius 1 is 1.20 bits per heavy atom. The second-order valence-electron chi connectivity index (χ2n) is 8.90. The van der Waals surface area contributed by atoms with Gasteiger partial charge in [-0.2, -0.15) is 0 Å². The number of carbonyl (C=O) groups is 1. The Labute approximate surface area is 182 Å². The fourth-order valence-electron chi connectivity index (χ4n) is 3.80. The Morgan fingerprint density at radius 2 is 1.87 bits per heavy atom. The lowest BCUT2D eigenvalue weighted by molar-refractivity contribution is -0.384. The van der Waals surface area contributed by atoms with Crippen LogP contribution in [-0.4, -0.2) is 23.4 Å². The van der Waals surface area contributed by atoms with Crippen LogP contribution in [0.25, 0.3) is 0 Å². The molecule has 1 aliphatic heterocycles. The number of benzene rings is 2. The predicted molar refractivity (Wildman–Crippen MR) is 122 cm³/mol. The maximum absolute atomic E-state index is 12.8. The average Bonchev–Trinajstić information content (AvgIpc) is 2.69. The molecule has 1 aliphatic rings. The lowest BCUT2D eigenvalue weighted by Crippen LogP contribution is -2.37. The molecule has 0 aromatic heterocycles. The molecule has 2 aromatic carbocycles. The van der Waals surface area contributed by atoms with Gasteiger partial charge < -0.3 is 10.2 Å². The average molecular weight is 430 g/mol. The monoisotopic (exact) mass is 429 g/mol. The highest BCUT2D eigenvalue weighted by molar-refractivity contribution is 6.34. The smallest absolute Gasteiger partial charge is 0.294 e. The van der Waals surface area contributed by atoms with Crippen LogP contribution in [0.4, 0.5) is 17.1 Å². The van der Waals surface area contributed by atoms with Crippen molar-refractivity contribution in [3.8, 4) is 0 Å². The van der Waals surface area contributed by atoms with Crippen LogP contribution >= 0.6 is 11.6 Å². The predicted octanol–water partition coefficient (Wildman–Crippen LogP) is 6.18. The van der Waals surface area contributed by atoms with E-state index >= 15 is 0 Å². The Morgan fingerprint density at radius 3 is 2.43 bits per heavy atom. The normalized spacial score (nSPS) is 17.0. The fraction of sp³-hybridized carbons (Fsp3) is 0.435. The third-order valence-electron chi connectivity index (χ3n) is 5.63. The van der Waals surface area contributed by atoms with Crippen LogP contribution in [0.2, 0.25) is 5.02 Å². The summed E-state index contributed by atoms with van der Waals surface area (Å²) in [5, 5.41) is 14.6. The number of nitrogens with zero attached hydrogens (tertiary/aromatic N) is 2. The summed E-state index contributed by atoms with van der Waals surface area (Å²) >= 11 is 6.30. The minimum Gasteiger partial charge on any atom is -0.363 e. The van der Waals surface area contributed by atoms with Crippen LogP contribution in [-0.2, 0) is 5.41 Å². The van der Waals surface area contributed by atoms with Crippen molar-refractivity contribution in [1.82, 2.24) is 0 Å². The molecule has 0 bridgehead atoms. The van der Waals surface area contributed by atoms with Crippen LogP contribution in [0, 0.1) is 10.1 Å². The highest BCUT2D eigenvalue weighted by Crippen LogP contribution is 2.39. The van der Waals surface area contributed by atoms with E-state index in [-0.39, 0.29) is 28.1 Å². The molecule has 3 rings (SSSR count). The molecule has 1 N–H and O–H groups in total. The molecule has 7 heteroatoms. The summed E-state index contributed by atoms with van der Waals surface area (Å²) in [7, 11) is 0. The summed E-state index contributed by atoms with van der Waals surface area (Å²) in [5.41, 5.74) is 2.46. The zero-order valence-corrected chi connectivity index (χ0v) is 18.6. The first-order valence-electron chi connectivity index (χ1n) is 10.2. The number of hydrogen-bond acceptors (Lipinski definition) is 4. The van der Waals surface area contributed by atoms with E-state index in [4.69, 9.17) is 11.6 Å². The summed E-state index contributed by atoms with van der Waals surface area (Å²) in [6, 6.07) is 10.6. The second kappa shape index (κ2) is 8.64. The van der Waals surface area contributed by atoms with Crippen LogP contribution in [0.15, 0.2) is 36.4 Å². The molecule has 1 fully saturated rings. The molecule has 160 valence electrons. The van der Waals surface area contributed by atoms with E-state index in [1.807, 2.05) is 17.0 Å². The molecule has 1 heterocycles. The number of amides is 1. The standard InChI is InChI=1S/C23H28ClN3O3/c1-15-7-5-6-12-26(15)20-14-19(18(24)13-21(20)27(29)30)25-22(28)16-8-10-17(11-9-16)23(2,3)4/h8-11,13-15H,5-7,12H2,1-4H3,(H,25,28). The van der Waals surface area contributed by atoms with Gasteiger partial charge in [0.2, 0.25) is 0 Å². The zero-order chi connectivity index (χ0) is 22.1. The second-order valence-corrected chi connectivity index (χ2v) is 9.30. The SMILES string of the molecule is CC1CCCCN1c1cc(NC(=O)c2ccc(C(C)(C)C)cc2)c(Cl)cc1[N+](=O)[O-]. The van der Waals surface area contributed by atoms with E-state index in [0.29, 0.717) is 16.9 Å². The number of nitro groups is 1. The van der Waals surface area contributed by atoms with Crippen molar-refractivity contribution in [1.29, 1.82) is 0 Å². The molecule has 1 saturated heterocycles. The summed E-state index contributed by atoms with van der Waals surface area (Å²) in [4.78, 5) is 26.0. The van der Waals surface area contributed by atoms with Crippen molar-refractivity contribution in [2.75, 3.05) is 16.8 Å². The van der Waals surface area contributed by atoms with E-state index < -0.39 is 4.92 Å². The van der Waals surface area contributed by atoms with E-state index in [9.17, 15) is 14.9 Å². The maximum Gasteiger partial charge on any atom is 0.294 e. The number of anilines is 2. The van der Waals surface area contributed by atoms with Crippen molar-refractivity contribution in [2.24, 2.45) is 0 Å². The van der Waals surface area contributed by atoms with Crippen LogP contribution in [0.5, 0.6) is 0 Å². The van der Waals surface area contributed by atoms with Gasteiger partial charge in [-0.15, -0.1) is 0 Å². The molecule has 0 radical (unpaired) electrons. The van der Waals surface area contributed by atoms with Crippen molar-refractivity contribution >= 4 is 34.6 Å². The van der Waals surface area contributed by atoms with E-state index in [0.717, 1.165) is 31.4 Å². The number of halogens is 1. The molecule has 6 nitrogen and oxygen atoms in total. The van der Waals surface area contributed by atoms with Gasteiger partial charge in [0.1, 0.15) is 5.69 Å². The van der Waals surface area contributed by atoms with Gasteiger partial charge in [-0.3, -0.25) is 14.9 Å².